The molecule has 0 aromatic heterocycles. The fourth-order valence-electron chi connectivity index (χ4n) is 2.50. The van der Waals surface area contributed by atoms with E-state index >= 15 is 0 Å². The quantitative estimate of drug-likeness (QED) is 0.610. The van der Waals surface area contributed by atoms with E-state index in [2.05, 4.69) is 48.6 Å². The van der Waals surface area contributed by atoms with Gasteiger partial charge in [-0.2, -0.15) is 0 Å². The zero-order valence-corrected chi connectivity index (χ0v) is 14.4. The van der Waals surface area contributed by atoms with E-state index in [0.29, 0.717) is 6.61 Å². The molecule has 0 aliphatic carbocycles. The van der Waals surface area contributed by atoms with Crippen molar-refractivity contribution in [1.82, 2.24) is 0 Å². The Morgan fingerprint density at radius 2 is 1.67 bits per heavy atom. The highest BCUT2D eigenvalue weighted by molar-refractivity contribution is 6.30. The lowest BCUT2D eigenvalue weighted by atomic mass is 10.2. The lowest BCUT2D eigenvalue weighted by molar-refractivity contribution is 0.306. The first-order valence-corrected chi connectivity index (χ1v) is 8.33. The van der Waals surface area contributed by atoms with Crippen molar-refractivity contribution in [3.63, 3.8) is 0 Å². The topological polar surface area (TPSA) is 21.3 Å². The van der Waals surface area contributed by atoms with Crippen molar-refractivity contribution in [1.29, 1.82) is 0 Å². The van der Waals surface area contributed by atoms with Gasteiger partial charge in [0.2, 0.25) is 0 Å². The number of rotatable bonds is 6. The number of anilines is 1. The van der Waals surface area contributed by atoms with Crippen LogP contribution in [0.5, 0.6) is 5.75 Å². The molecule has 2 nitrogen and oxygen atoms in total. The zero-order chi connectivity index (χ0) is 16.8. The third-order valence-corrected chi connectivity index (χ3v) is 3.94. The Morgan fingerprint density at radius 3 is 2.50 bits per heavy atom. The van der Waals surface area contributed by atoms with Crippen LogP contribution in [0.15, 0.2) is 72.8 Å². The van der Waals surface area contributed by atoms with Crippen molar-refractivity contribution in [2.24, 2.45) is 0 Å². The Bertz CT molecular complexity index is 751. The van der Waals surface area contributed by atoms with Crippen LogP contribution in [0.2, 0.25) is 5.02 Å². The lowest BCUT2D eigenvalue weighted by Gasteiger charge is -2.10. The number of hydrogen-bond donors (Lipinski definition) is 1. The van der Waals surface area contributed by atoms with Gasteiger partial charge in [-0.05, 0) is 60.0 Å². The lowest BCUT2D eigenvalue weighted by Crippen LogP contribution is -2.00. The first kappa shape index (κ1) is 16.4. The van der Waals surface area contributed by atoms with Gasteiger partial charge in [0.25, 0.3) is 0 Å². The van der Waals surface area contributed by atoms with Gasteiger partial charge in [-0.1, -0.05) is 48.0 Å². The fourth-order valence-corrected chi connectivity index (χ4v) is 2.71. The van der Waals surface area contributed by atoms with E-state index in [1.807, 2.05) is 36.4 Å². The Labute approximate surface area is 148 Å². The molecule has 122 valence electrons. The van der Waals surface area contributed by atoms with E-state index in [0.717, 1.165) is 28.6 Å². The highest BCUT2D eigenvalue weighted by Crippen LogP contribution is 2.18. The third kappa shape index (κ3) is 4.77. The monoisotopic (exact) mass is 337 g/mol. The molecule has 0 radical (unpaired) electrons. The van der Waals surface area contributed by atoms with Crippen LogP contribution in [-0.4, -0.2) is 0 Å². The minimum absolute atomic E-state index is 0.509. The van der Waals surface area contributed by atoms with Gasteiger partial charge in [0.05, 0.1) is 0 Å². The smallest absolute Gasteiger partial charge is 0.120 e. The van der Waals surface area contributed by atoms with Gasteiger partial charge in [-0.25, -0.2) is 0 Å². The highest BCUT2D eigenvalue weighted by atomic mass is 35.5. The van der Waals surface area contributed by atoms with Crippen molar-refractivity contribution in [2.45, 2.75) is 20.1 Å². The SMILES string of the molecule is Cc1cccc(NCc2cccc(OCc3cccc(Cl)c3)c2)c1. The van der Waals surface area contributed by atoms with Crippen LogP contribution in [0.4, 0.5) is 5.69 Å². The summed E-state index contributed by atoms with van der Waals surface area (Å²) in [6.45, 7) is 3.36. The van der Waals surface area contributed by atoms with Crippen molar-refractivity contribution in [3.8, 4) is 5.75 Å². The molecule has 24 heavy (non-hydrogen) atoms. The van der Waals surface area contributed by atoms with Crippen LogP contribution in [0.1, 0.15) is 16.7 Å². The molecule has 1 N–H and O–H groups in total. The van der Waals surface area contributed by atoms with E-state index in [1.54, 1.807) is 0 Å². The summed E-state index contributed by atoms with van der Waals surface area (Å²) in [5, 5.41) is 4.17. The van der Waals surface area contributed by atoms with Gasteiger partial charge in [-0.3, -0.25) is 0 Å². The minimum atomic E-state index is 0.509. The van der Waals surface area contributed by atoms with Crippen LogP contribution in [0.3, 0.4) is 0 Å². The number of hydrogen-bond acceptors (Lipinski definition) is 2. The maximum absolute atomic E-state index is 6.00. The Hall–Kier alpha value is -2.45. The van der Waals surface area contributed by atoms with Crippen LogP contribution >= 0.6 is 11.6 Å². The normalized spacial score (nSPS) is 10.4. The molecular weight excluding hydrogens is 318 g/mol. The van der Waals surface area contributed by atoms with E-state index < -0.39 is 0 Å². The number of nitrogens with one attached hydrogen (secondary N) is 1. The fraction of sp³-hybridized carbons (Fsp3) is 0.143. The maximum Gasteiger partial charge on any atom is 0.120 e. The summed E-state index contributed by atoms with van der Waals surface area (Å²) < 4.78 is 5.87. The first-order valence-electron chi connectivity index (χ1n) is 7.96. The molecule has 0 saturated carbocycles. The van der Waals surface area contributed by atoms with E-state index in [-0.39, 0.29) is 0 Å². The predicted octanol–water partition coefficient (Wildman–Crippen LogP) is 5.84. The van der Waals surface area contributed by atoms with E-state index in [9.17, 15) is 0 Å². The summed E-state index contributed by atoms with van der Waals surface area (Å²) in [7, 11) is 0. The molecular formula is C21H20ClNO. The summed E-state index contributed by atoms with van der Waals surface area (Å²) >= 11 is 6.00. The van der Waals surface area contributed by atoms with Gasteiger partial charge in [0.1, 0.15) is 12.4 Å². The molecule has 0 aliphatic rings. The molecule has 0 unspecified atom stereocenters. The molecule has 0 fully saturated rings. The second-order valence-electron chi connectivity index (χ2n) is 5.79. The number of ether oxygens (including phenoxy) is 1. The van der Waals surface area contributed by atoms with Gasteiger partial charge in [0.15, 0.2) is 0 Å². The van der Waals surface area contributed by atoms with Crippen LogP contribution in [-0.2, 0) is 13.2 Å². The van der Waals surface area contributed by atoms with Crippen LogP contribution in [0.25, 0.3) is 0 Å². The standard InChI is InChI=1S/C21H20ClNO/c1-16-5-2-9-20(11-16)23-14-17-6-4-10-21(13-17)24-15-18-7-3-8-19(22)12-18/h2-13,23H,14-15H2,1H3. The first-order chi connectivity index (χ1) is 11.7. The highest BCUT2D eigenvalue weighted by Gasteiger charge is 2.00. The Balaban J connectivity index is 1.59. The molecule has 0 heterocycles. The van der Waals surface area contributed by atoms with Crippen LogP contribution < -0.4 is 10.1 Å². The molecule has 3 heteroatoms. The molecule has 0 amide bonds. The second-order valence-corrected chi connectivity index (χ2v) is 6.23. The van der Waals surface area contributed by atoms with Crippen LogP contribution in [0, 0.1) is 6.92 Å². The molecule has 0 spiro atoms. The summed E-state index contributed by atoms with van der Waals surface area (Å²) in [5.74, 6) is 0.860. The van der Waals surface area contributed by atoms with Crippen molar-refractivity contribution in [2.75, 3.05) is 5.32 Å². The summed E-state index contributed by atoms with van der Waals surface area (Å²) in [6, 6.07) is 24.2. The average Bonchev–Trinajstić information content (AvgIpc) is 2.59. The molecule has 0 saturated heterocycles. The number of benzene rings is 3. The largest absolute Gasteiger partial charge is 0.489 e. The van der Waals surface area contributed by atoms with Crippen molar-refractivity contribution in [3.05, 3.63) is 94.5 Å². The molecule has 3 aromatic carbocycles. The maximum atomic E-state index is 6.00. The van der Waals surface area contributed by atoms with Crippen molar-refractivity contribution >= 4 is 17.3 Å². The number of aryl methyl sites for hydroxylation is 1. The molecule has 0 aliphatic heterocycles. The van der Waals surface area contributed by atoms with Gasteiger partial charge >= 0.3 is 0 Å². The molecule has 3 aromatic rings. The summed E-state index contributed by atoms with van der Waals surface area (Å²) in [6.07, 6.45) is 0. The minimum Gasteiger partial charge on any atom is -0.489 e. The molecule has 0 atom stereocenters. The summed E-state index contributed by atoms with van der Waals surface area (Å²) in [5.41, 5.74) is 4.62. The van der Waals surface area contributed by atoms with E-state index in [1.165, 1.54) is 11.1 Å². The Morgan fingerprint density at radius 1 is 0.875 bits per heavy atom. The summed E-state index contributed by atoms with van der Waals surface area (Å²) in [4.78, 5) is 0. The number of halogens is 1. The average molecular weight is 338 g/mol. The Kier molecular flexibility index (Phi) is 5.39. The van der Waals surface area contributed by atoms with E-state index in [4.69, 9.17) is 16.3 Å². The van der Waals surface area contributed by atoms with Crippen molar-refractivity contribution < 1.29 is 4.74 Å². The predicted molar refractivity (Wildman–Crippen MR) is 101 cm³/mol. The second kappa shape index (κ2) is 7.89. The molecule has 0 bridgehead atoms. The third-order valence-electron chi connectivity index (χ3n) is 3.71. The molecule has 3 rings (SSSR count). The van der Waals surface area contributed by atoms with Gasteiger partial charge in [0, 0.05) is 17.3 Å². The van der Waals surface area contributed by atoms with Gasteiger partial charge in [-0.15, -0.1) is 0 Å². The zero-order valence-electron chi connectivity index (χ0n) is 13.6. The van der Waals surface area contributed by atoms with Gasteiger partial charge < -0.3 is 10.1 Å².